The Balaban J connectivity index is 1.19. The van der Waals surface area contributed by atoms with E-state index in [1.54, 1.807) is 13.0 Å². The molecule has 1 spiro atoms. The summed E-state index contributed by atoms with van der Waals surface area (Å²) in [7, 11) is 0. The standard InChI is InChI=1S/C23H25F3N4O/c1-13-10-20-27-18(12-19(23(24,25)26)30(20)28-13)14-4-8-29(9-5-14)21(31)16-11-15-2-3-17(16)22(15)6-7-22/h2-3,10,12,14-17H,4-9,11H2,1H3/t15-,16+,17-/m0/s1. The summed E-state index contributed by atoms with van der Waals surface area (Å²) in [5.74, 6) is 1.22. The van der Waals surface area contributed by atoms with Crippen molar-refractivity contribution in [2.24, 2.45) is 23.2 Å². The minimum atomic E-state index is -4.50. The quantitative estimate of drug-likeness (QED) is 0.665. The highest BCUT2D eigenvalue weighted by molar-refractivity contribution is 5.80. The molecule has 0 unspecified atom stereocenters. The van der Waals surface area contributed by atoms with Crippen LogP contribution in [0.2, 0.25) is 0 Å². The van der Waals surface area contributed by atoms with E-state index in [9.17, 15) is 18.0 Å². The van der Waals surface area contributed by atoms with E-state index in [0.29, 0.717) is 54.6 Å². The number of rotatable bonds is 2. The highest BCUT2D eigenvalue weighted by Gasteiger charge is 2.64. The van der Waals surface area contributed by atoms with Crippen molar-refractivity contribution in [1.29, 1.82) is 0 Å². The molecule has 0 N–H and O–H groups in total. The van der Waals surface area contributed by atoms with Gasteiger partial charge >= 0.3 is 6.18 Å². The minimum Gasteiger partial charge on any atom is -0.342 e. The smallest absolute Gasteiger partial charge is 0.342 e. The van der Waals surface area contributed by atoms with Crippen LogP contribution in [-0.2, 0) is 11.0 Å². The first kappa shape index (κ1) is 19.3. The van der Waals surface area contributed by atoms with Crippen molar-refractivity contribution in [2.75, 3.05) is 13.1 Å². The normalized spacial score (nSPS) is 29.4. The molecule has 3 heterocycles. The number of alkyl halides is 3. The molecule has 5 nitrogen and oxygen atoms in total. The zero-order valence-corrected chi connectivity index (χ0v) is 17.4. The molecular weight excluding hydrogens is 405 g/mol. The molecule has 164 valence electrons. The lowest BCUT2D eigenvalue weighted by Crippen LogP contribution is -2.42. The molecule has 2 aromatic heterocycles. The Labute approximate surface area is 178 Å². The Hall–Kier alpha value is -2.38. The van der Waals surface area contributed by atoms with Gasteiger partial charge in [0, 0.05) is 36.7 Å². The van der Waals surface area contributed by atoms with Crippen molar-refractivity contribution < 1.29 is 18.0 Å². The third-order valence-corrected chi connectivity index (χ3v) is 8.12. The third-order valence-electron chi connectivity index (χ3n) is 8.12. The molecule has 0 radical (unpaired) electrons. The van der Waals surface area contributed by atoms with Crippen LogP contribution in [0, 0.1) is 30.1 Å². The zero-order valence-electron chi connectivity index (χ0n) is 17.4. The van der Waals surface area contributed by atoms with Crippen LogP contribution in [0.5, 0.6) is 0 Å². The van der Waals surface area contributed by atoms with Gasteiger partial charge in [-0.25, -0.2) is 9.50 Å². The predicted octanol–water partition coefficient (Wildman–Crippen LogP) is 4.36. The molecule has 2 bridgehead atoms. The molecule has 8 heteroatoms. The van der Waals surface area contributed by atoms with E-state index in [0.717, 1.165) is 17.0 Å². The summed E-state index contributed by atoms with van der Waals surface area (Å²) >= 11 is 0. The average molecular weight is 430 g/mol. The van der Waals surface area contributed by atoms with Crippen LogP contribution in [0.1, 0.15) is 55.1 Å². The molecule has 2 aromatic rings. The van der Waals surface area contributed by atoms with Crippen LogP contribution >= 0.6 is 0 Å². The summed E-state index contributed by atoms with van der Waals surface area (Å²) in [6.45, 7) is 2.83. The van der Waals surface area contributed by atoms with Crippen molar-refractivity contribution >= 4 is 11.6 Å². The summed E-state index contributed by atoms with van der Waals surface area (Å²) in [5, 5.41) is 3.96. The van der Waals surface area contributed by atoms with Gasteiger partial charge in [0.1, 0.15) is 5.69 Å². The van der Waals surface area contributed by atoms with Gasteiger partial charge in [-0.15, -0.1) is 0 Å². The van der Waals surface area contributed by atoms with Gasteiger partial charge in [-0.3, -0.25) is 4.79 Å². The number of likely N-dealkylation sites (tertiary alicyclic amines) is 1. The van der Waals surface area contributed by atoms with Crippen molar-refractivity contribution in [3.8, 4) is 0 Å². The van der Waals surface area contributed by atoms with E-state index in [-0.39, 0.29) is 23.4 Å². The van der Waals surface area contributed by atoms with Crippen LogP contribution in [0.4, 0.5) is 13.2 Å². The third kappa shape index (κ3) is 2.86. The van der Waals surface area contributed by atoms with E-state index in [2.05, 4.69) is 22.2 Å². The van der Waals surface area contributed by atoms with Gasteiger partial charge in [0.25, 0.3) is 0 Å². The fraction of sp³-hybridized carbons (Fsp3) is 0.609. The Bertz CT molecular complexity index is 1090. The number of carbonyl (C=O) groups is 1. The maximum absolute atomic E-state index is 13.6. The van der Waals surface area contributed by atoms with Crippen LogP contribution in [0.25, 0.3) is 5.65 Å². The summed E-state index contributed by atoms with van der Waals surface area (Å²) in [6.07, 6.45) is 4.80. The number of nitrogens with zero attached hydrogens (tertiary/aromatic N) is 4. The van der Waals surface area contributed by atoms with Crippen LogP contribution < -0.4 is 0 Å². The van der Waals surface area contributed by atoms with Crippen molar-refractivity contribution in [1.82, 2.24) is 19.5 Å². The maximum Gasteiger partial charge on any atom is 0.433 e. The van der Waals surface area contributed by atoms with Crippen molar-refractivity contribution in [3.63, 3.8) is 0 Å². The number of hydrogen-bond acceptors (Lipinski definition) is 3. The number of aromatic nitrogens is 3. The van der Waals surface area contributed by atoms with E-state index >= 15 is 0 Å². The largest absolute Gasteiger partial charge is 0.433 e. The van der Waals surface area contributed by atoms with Gasteiger partial charge in [-0.1, -0.05) is 12.2 Å². The first-order valence-electron chi connectivity index (χ1n) is 11.2. The lowest BCUT2D eigenvalue weighted by molar-refractivity contribution is -0.142. The summed E-state index contributed by atoms with van der Waals surface area (Å²) in [5.41, 5.74) is 0.775. The molecule has 3 fully saturated rings. The second-order valence-corrected chi connectivity index (χ2v) is 9.81. The van der Waals surface area contributed by atoms with Gasteiger partial charge in [0.15, 0.2) is 5.65 Å². The number of hydrogen-bond donors (Lipinski definition) is 0. The molecular formula is C23H25F3N4O. The van der Waals surface area contributed by atoms with Gasteiger partial charge < -0.3 is 4.90 Å². The fourth-order valence-electron chi connectivity index (χ4n) is 6.41. The molecule has 6 rings (SSSR count). The van der Waals surface area contributed by atoms with E-state index in [1.807, 2.05) is 4.90 Å². The first-order chi connectivity index (χ1) is 14.8. The number of aryl methyl sites for hydroxylation is 1. The van der Waals surface area contributed by atoms with Crippen LogP contribution in [-0.4, -0.2) is 38.5 Å². The molecule has 3 aliphatic carbocycles. The number of carbonyl (C=O) groups excluding carboxylic acids is 1. The Morgan fingerprint density at radius 1 is 1.16 bits per heavy atom. The Kier molecular flexibility index (Phi) is 3.94. The summed E-state index contributed by atoms with van der Waals surface area (Å²) < 4.78 is 41.7. The zero-order chi connectivity index (χ0) is 21.5. The second-order valence-electron chi connectivity index (χ2n) is 9.81. The summed E-state index contributed by atoms with van der Waals surface area (Å²) in [4.78, 5) is 19.7. The number of fused-ring (bicyclic) bond motifs is 1. The summed E-state index contributed by atoms with van der Waals surface area (Å²) in [6, 6.07) is 2.72. The van der Waals surface area contributed by atoms with Crippen LogP contribution in [0.15, 0.2) is 24.3 Å². The first-order valence-corrected chi connectivity index (χ1v) is 11.2. The molecule has 31 heavy (non-hydrogen) atoms. The monoisotopic (exact) mass is 430 g/mol. The molecule has 1 amide bonds. The molecule has 1 saturated heterocycles. The topological polar surface area (TPSA) is 50.5 Å². The number of halogens is 3. The lowest BCUT2D eigenvalue weighted by atomic mass is 9.86. The molecule has 1 aliphatic heterocycles. The van der Waals surface area contributed by atoms with Crippen molar-refractivity contribution in [2.45, 2.75) is 51.1 Å². The number of piperidine rings is 1. The Morgan fingerprint density at radius 3 is 2.55 bits per heavy atom. The Morgan fingerprint density at radius 2 is 1.90 bits per heavy atom. The fourth-order valence-corrected chi connectivity index (χ4v) is 6.41. The van der Waals surface area contributed by atoms with Gasteiger partial charge in [0.2, 0.25) is 5.91 Å². The lowest BCUT2D eigenvalue weighted by Gasteiger charge is -2.35. The van der Waals surface area contributed by atoms with Crippen molar-refractivity contribution in [3.05, 3.63) is 41.4 Å². The van der Waals surface area contributed by atoms with Gasteiger partial charge in [-0.2, -0.15) is 18.3 Å². The molecule has 0 aromatic carbocycles. The maximum atomic E-state index is 13.6. The van der Waals surface area contributed by atoms with Gasteiger partial charge in [0.05, 0.1) is 5.69 Å². The minimum absolute atomic E-state index is 0.0833. The SMILES string of the molecule is Cc1cc2nc(C3CCN(C(=O)[C@@H]4C[C@@H]5C=C[C@@H]4C54CC4)CC3)cc(C(F)(F)F)n2n1. The van der Waals surface area contributed by atoms with E-state index in [1.165, 1.54) is 12.8 Å². The number of amides is 1. The molecule has 2 saturated carbocycles. The van der Waals surface area contributed by atoms with Gasteiger partial charge in [-0.05, 0) is 62.3 Å². The number of allylic oxidation sites excluding steroid dienone is 2. The molecule has 4 aliphatic rings. The predicted molar refractivity (Wildman–Crippen MR) is 107 cm³/mol. The highest BCUT2D eigenvalue weighted by atomic mass is 19.4. The molecule has 3 atom stereocenters. The van der Waals surface area contributed by atoms with Crippen LogP contribution in [0.3, 0.4) is 0 Å². The van der Waals surface area contributed by atoms with E-state index < -0.39 is 11.9 Å². The van der Waals surface area contributed by atoms with E-state index in [4.69, 9.17) is 0 Å². The highest BCUT2D eigenvalue weighted by Crippen LogP contribution is 2.70. The second kappa shape index (κ2) is 6.33. The average Bonchev–Trinajstić information content (AvgIpc) is 3.24.